The van der Waals surface area contributed by atoms with E-state index in [1.807, 2.05) is 25.3 Å². The fraction of sp³-hybridized carbons (Fsp3) is 0.357. The molecule has 1 aromatic carbocycles. The molecule has 1 amide bonds. The third-order valence-electron chi connectivity index (χ3n) is 7.62. The van der Waals surface area contributed by atoms with Crippen molar-refractivity contribution >= 4 is 33.8 Å². The van der Waals surface area contributed by atoms with Crippen molar-refractivity contribution in [3.05, 3.63) is 81.5 Å². The van der Waals surface area contributed by atoms with Crippen LogP contribution in [0.3, 0.4) is 0 Å². The number of amidine groups is 1. The van der Waals surface area contributed by atoms with Crippen molar-refractivity contribution in [2.45, 2.75) is 52.2 Å². The van der Waals surface area contributed by atoms with E-state index < -0.39 is 5.54 Å². The van der Waals surface area contributed by atoms with Crippen molar-refractivity contribution in [1.82, 2.24) is 15.7 Å². The molecule has 0 radical (unpaired) electrons. The Morgan fingerprint density at radius 3 is 2.75 bits per heavy atom. The largest absolute Gasteiger partial charge is 0.355 e. The number of rotatable bonds is 5. The first-order valence-electron chi connectivity index (χ1n) is 12.4. The van der Waals surface area contributed by atoms with Crippen molar-refractivity contribution in [2.75, 3.05) is 11.4 Å². The highest BCUT2D eigenvalue weighted by molar-refractivity contribution is 7.17. The molecule has 0 saturated heterocycles. The van der Waals surface area contributed by atoms with Gasteiger partial charge in [0.2, 0.25) is 5.91 Å². The second kappa shape index (κ2) is 8.55. The average molecular weight is 499 g/mol. The van der Waals surface area contributed by atoms with Crippen LogP contribution in [0.4, 0.5) is 5.00 Å². The van der Waals surface area contributed by atoms with E-state index in [9.17, 15) is 4.79 Å². The number of aromatic nitrogens is 1. The minimum atomic E-state index is -0.584. The zero-order valence-corrected chi connectivity index (χ0v) is 21.8. The Bertz CT molecular complexity index is 1390. The number of anilines is 1. The molecule has 184 valence electrons. The van der Waals surface area contributed by atoms with Gasteiger partial charge in [0.1, 0.15) is 22.5 Å². The summed E-state index contributed by atoms with van der Waals surface area (Å²) in [6, 6.07) is 12.5. The monoisotopic (exact) mass is 498 g/mol. The predicted molar refractivity (Wildman–Crippen MR) is 145 cm³/mol. The van der Waals surface area contributed by atoms with Crippen molar-refractivity contribution in [2.24, 2.45) is 16.0 Å². The van der Waals surface area contributed by atoms with Crippen LogP contribution in [0.25, 0.3) is 0 Å². The van der Waals surface area contributed by atoms with Gasteiger partial charge in [-0.15, -0.1) is 11.3 Å². The number of carbonyl (C=O) groups is 1. The molecular formula is C28H30N6OS. The standard InChI is InChI=1S/C28H30N6OS/c1-16-7-9-21(10-8-16)24-23-17(2)18(3)36-26(23)34-19(4)32-33-27(34)28(31-24)14-22(28)25(35)30-13-11-20-6-5-12-29-15-20/h5-10,12,15,22,27,33H,11,13-14H2,1-4H3,(H,30,35)/t22-,27?,28?/m1/s1. The van der Waals surface area contributed by atoms with Crippen molar-refractivity contribution < 1.29 is 4.79 Å². The Morgan fingerprint density at radius 1 is 1.19 bits per heavy atom. The van der Waals surface area contributed by atoms with Gasteiger partial charge in [-0.1, -0.05) is 35.9 Å². The number of amides is 1. The number of nitrogens with one attached hydrogen (secondary N) is 2. The number of thiophene rings is 1. The molecule has 2 unspecified atom stereocenters. The summed E-state index contributed by atoms with van der Waals surface area (Å²) in [4.78, 5) is 26.6. The van der Waals surface area contributed by atoms with E-state index >= 15 is 0 Å². The van der Waals surface area contributed by atoms with Gasteiger partial charge in [0, 0.05) is 34.9 Å². The Kier molecular flexibility index (Phi) is 5.44. The Labute approximate surface area is 215 Å². The molecule has 1 fully saturated rings. The third-order valence-corrected chi connectivity index (χ3v) is 8.83. The summed E-state index contributed by atoms with van der Waals surface area (Å²) < 4.78 is 0. The number of aryl methyl sites for hydroxylation is 2. The molecule has 1 aliphatic carbocycles. The number of hydrogen-bond acceptors (Lipinski definition) is 7. The second-order valence-electron chi connectivity index (χ2n) is 10.0. The Balaban J connectivity index is 1.37. The van der Waals surface area contributed by atoms with Gasteiger partial charge in [-0.2, -0.15) is 5.10 Å². The maximum absolute atomic E-state index is 13.4. The molecule has 6 rings (SSSR count). The Hall–Kier alpha value is -3.52. The van der Waals surface area contributed by atoms with E-state index in [2.05, 4.69) is 70.8 Å². The van der Waals surface area contributed by atoms with E-state index in [0.717, 1.165) is 39.7 Å². The topological polar surface area (TPSA) is 82.0 Å². The van der Waals surface area contributed by atoms with Crippen LogP contribution in [0.2, 0.25) is 0 Å². The number of hydrazone groups is 1. The quantitative estimate of drug-likeness (QED) is 0.555. The SMILES string of the molecule is CC1=NNC2N1c1sc(C)c(C)c1C(c1ccc(C)cc1)=NC21C[C@@H]1C(=O)NCCc1cccnc1. The van der Waals surface area contributed by atoms with Crippen LogP contribution < -0.4 is 15.6 Å². The normalized spacial score (nSPS) is 23.8. The first kappa shape index (κ1) is 22.9. The third kappa shape index (κ3) is 3.63. The highest BCUT2D eigenvalue weighted by atomic mass is 32.1. The first-order valence-corrected chi connectivity index (χ1v) is 13.2. The summed E-state index contributed by atoms with van der Waals surface area (Å²) in [5.74, 6) is 0.739. The molecule has 3 aliphatic rings. The summed E-state index contributed by atoms with van der Waals surface area (Å²) in [6.45, 7) is 9.04. The number of nitrogens with zero attached hydrogens (tertiary/aromatic N) is 4. The maximum atomic E-state index is 13.4. The summed E-state index contributed by atoms with van der Waals surface area (Å²) in [5, 5.41) is 8.90. The smallest absolute Gasteiger partial charge is 0.225 e. The number of carbonyl (C=O) groups excluding carboxylic acids is 1. The van der Waals surface area contributed by atoms with E-state index in [1.165, 1.54) is 16.0 Å². The van der Waals surface area contributed by atoms with Crippen LogP contribution in [0.1, 0.15) is 46.0 Å². The molecule has 2 N–H and O–H groups in total. The molecule has 0 bridgehead atoms. The Morgan fingerprint density at radius 2 is 2.00 bits per heavy atom. The summed E-state index contributed by atoms with van der Waals surface area (Å²) in [6.07, 6.45) is 4.86. The molecule has 1 spiro atoms. The fourth-order valence-corrected chi connectivity index (χ4v) is 6.60. The van der Waals surface area contributed by atoms with Gasteiger partial charge in [0.25, 0.3) is 0 Å². The number of pyridine rings is 1. The molecule has 2 aromatic heterocycles. The minimum Gasteiger partial charge on any atom is -0.355 e. The van der Waals surface area contributed by atoms with Gasteiger partial charge in [0.05, 0.1) is 11.6 Å². The maximum Gasteiger partial charge on any atom is 0.225 e. The van der Waals surface area contributed by atoms with E-state index in [0.29, 0.717) is 13.0 Å². The van der Waals surface area contributed by atoms with Gasteiger partial charge < -0.3 is 5.32 Å². The van der Waals surface area contributed by atoms with Gasteiger partial charge in [-0.3, -0.25) is 25.1 Å². The van der Waals surface area contributed by atoms with Crippen molar-refractivity contribution in [1.29, 1.82) is 0 Å². The summed E-state index contributed by atoms with van der Waals surface area (Å²) in [7, 11) is 0. The van der Waals surface area contributed by atoms with Crippen molar-refractivity contribution in [3.63, 3.8) is 0 Å². The van der Waals surface area contributed by atoms with Crippen LogP contribution in [-0.4, -0.2) is 40.7 Å². The molecule has 3 atom stereocenters. The van der Waals surface area contributed by atoms with Crippen LogP contribution in [-0.2, 0) is 11.2 Å². The van der Waals surface area contributed by atoms with Gasteiger partial charge in [-0.25, -0.2) is 0 Å². The lowest BCUT2D eigenvalue weighted by Gasteiger charge is -2.29. The van der Waals surface area contributed by atoms with E-state index in [-0.39, 0.29) is 18.0 Å². The van der Waals surface area contributed by atoms with Crippen LogP contribution in [0.15, 0.2) is 58.9 Å². The van der Waals surface area contributed by atoms with Crippen LogP contribution >= 0.6 is 11.3 Å². The molecule has 1 saturated carbocycles. The van der Waals surface area contributed by atoms with E-state index in [4.69, 9.17) is 4.99 Å². The predicted octanol–water partition coefficient (Wildman–Crippen LogP) is 4.11. The zero-order chi connectivity index (χ0) is 25.0. The lowest BCUT2D eigenvalue weighted by Crippen LogP contribution is -2.50. The van der Waals surface area contributed by atoms with Crippen molar-refractivity contribution in [3.8, 4) is 0 Å². The molecule has 36 heavy (non-hydrogen) atoms. The lowest BCUT2D eigenvalue weighted by atomic mass is 9.98. The highest BCUT2D eigenvalue weighted by Crippen LogP contribution is 2.56. The van der Waals surface area contributed by atoms with Gasteiger partial charge >= 0.3 is 0 Å². The summed E-state index contributed by atoms with van der Waals surface area (Å²) in [5.41, 5.74) is 9.54. The first-order chi connectivity index (χ1) is 17.4. The number of fused-ring (bicyclic) bond motifs is 4. The number of benzene rings is 1. The highest BCUT2D eigenvalue weighted by Gasteiger charge is 2.67. The molecule has 4 heterocycles. The second-order valence-corrected chi connectivity index (χ2v) is 11.2. The van der Waals surface area contributed by atoms with Gasteiger partial charge in [-0.05, 0) is 57.7 Å². The average Bonchev–Trinajstić information content (AvgIpc) is 3.40. The fourth-order valence-electron chi connectivity index (χ4n) is 5.37. The molecule has 3 aromatic rings. The summed E-state index contributed by atoms with van der Waals surface area (Å²) >= 11 is 1.78. The van der Waals surface area contributed by atoms with Crippen LogP contribution in [0, 0.1) is 26.7 Å². The molecule has 7 nitrogen and oxygen atoms in total. The number of aliphatic imine (C=N–C) groups is 1. The molecule has 2 aliphatic heterocycles. The van der Waals surface area contributed by atoms with Crippen LogP contribution in [0.5, 0.6) is 0 Å². The molecular weight excluding hydrogens is 468 g/mol. The molecule has 8 heteroatoms. The zero-order valence-electron chi connectivity index (χ0n) is 21.0. The van der Waals surface area contributed by atoms with Gasteiger partial charge in [0.15, 0.2) is 0 Å². The lowest BCUT2D eigenvalue weighted by molar-refractivity contribution is -0.122. The minimum absolute atomic E-state index is 0.0513. The number of hydrogen-bond donors (Lipinski definition) is 2. The van der Waals surface area contributed by atoms with E-state index in [1.54, 1.807) is 17.5 Å².